The number of methoxy groups -OCH3 is 1. The molecule has 1 N–H and O–H groups in total. The van der Waals surface area contributed by atoms with Gasteiger partial charge in [-0.3, -0.25) is 5.32 Å². The number of rotatable bonds is 10. The third kappa shape index (κ3) is 6.34. The summed E-state index contributed by atoms with van der Waals surface area (Å²) in [5.41, 5.74) is -0.339. The lowest BCUT2D eigenvalue weighted by atomic mass is 9.97. The molecule has 0 aromatic heterocycles. The normalized spacial score (nSPS) is 18.6. The molecule has 0 aliphatic heterocycles. The molecule has 0 heterocycles. The minimum Gasteiger partial charge on any atom is -0.385 e. The van der Waals surface area contributed by atoms with Crippen molar-refractivity contribution in [2.75, 3.05) is 33.9 Å². The lowest BCUT2D eigenvalue weighted by Crippen LogP contribution is -2.42. The molecule has 0 amide bonds. The number of ether oxygens (including phenoxy) is 1. The first-order valence-electron chi connectivity index (χ1n) is 6.96. The van der Waals surface area contributed by atoms with Gasteiger partial charge in [-0.2, -0.15) is 5.26 Å². The third-order valence-corrected chi connectivity index (χ3v) is 3.45. The van der Waals surface area contributed by atoms with E-state index in [4.69, 9.17) is 4.74 Å². The molecule has 1 unspecified atom stereocenters. The second kappa shape index (κ2) is 7.73. The molecule has 4 nitrogen and oxygen atoms in total. The number of nitrogens with one attached hydrogen (secondary N) is 1. The van der Waals surface area contributed by atoms with Gasteiger partial charge in [-0.25, -0.2) is 0 Å². The Balaban J connectivity index is 2.12. The summed E-state index contributed by atoms with van der Waals surface area (Å²) in [5, 5.41) is 12.7. The Kier molecular flexibility index (Phi) is 6.62. The highest BCUT2D eigenvalue weighted by atomic mass is 16.5. The van der Waals surface area contributed by atoms with Crippen molar-refractivity contribution < 1.29 is 4.74 Å². The average molecular weight is 253 g/mol. The maximum atomic E-state index is 9.26. The highest BCUT2D eigenvalue weighted by Crippen LogP contribution is 2.24. The van der Waals surface area contributed by atoms with E-state index in [0.29, 0.717) is 6.04 Å². The lowest BCUT2D eigenvalue weighted by Gasteiger charge is -2.24. The van der Waals surface area contributed by atoms with Crippen molar-refractivity contribution in [2.24, 2.45) is 0 Å². The fraction of sp³-hybridized carbons (Fsp3) is 0.929. The van der Waals surface area contributed by atoms with Gasteiger partial charge >= 0.3 is 0 Å². The molecule has 0 saturated heterocycles. The number of hydrogen-bond donors (Lipinski definition) is 1. The summed E-state index contributed by atoms with van der Waals surface area (Å²) in [4.78, 5) is 2.31. The first-order chi connectivity index (χ1) is 8.59. The fourth-order valence-electron chi connectivity index (χ4n) is 2.13. The Bertz CT molecular complexity index is 273. The molecule has 1 aliphatic rings. The van der Waals surface area contributed by atoms with Gasteiger partial charge in [-0.05, 0) is 52.6 Å². The smallest absolute Gasteiger partial charge is 0.104 e. The van der Waals surface area contributed by atoms with Crippen LogP contribution in [0.15, 0.2) is 0 Å². The minimum atomic E-state index is -0.339. The topological polar surface area (TPSA) is 48.3 Å². The molecular formula is C14H27N3O. The first kappa shape index (κ1) is 15.4. The number of nitriles is 1. The quantitative estimate of drug-likeness (QED) is 0.603. The van der Waals surface area contributed by atoms with Crippen molar-refractivity contribution in [3.63, 3.8) is 0 Å². The molecule has 1 rings (SSSR count). The summed E-state index contributed by atoms with van der Waals surface area (Å²) in [6, 6.07) is 3.02. The predicted octanol–water partition coefficient (Wildman–Crippen LogP) is 1.77. The zero-order chi connectivity index (χ0) is 13.4. The predicted molar refractivity (Wildman–Crippen MR) is 73.4 cm³/mol. The van der Waals surface area contributed by atoms with Crippen LogP contribution in [-0.2, 0) is 4.74 Å². The molecule has 18 heavy (non-hydrogen) atoms. The molecule has 0 aromatic carbocycles. The molecule has 1 aliphatic carbocycles. The van der Waals surface area contributed by atoms with Crippen LogP contribution in [0.5, 0.6) is 0 Å². The Hall–Kier alpha value is -0.630. The van der Waals surface area contributed by atoms with Gasteiger partial charge < -0.3 is 9.64 Å². The van der Waals surface area contributed by atoms with Crippen molar-refractivity contribution in [2.45, 2.75) is 50.6 Å². The van der Waals surface area contributed by atoms with Crippen LogP contribution in [0.25, 0.3) is 0 Å². The highest BCUT2D eigenvalue weighted by Gasteiger charge is 2.31. The molecule has 4 heteroatoms. The van der Waals surface area contributed by atoms with Crippen molar-refractivity contribution in [3.05, 3.63) is 0 Å². The van der Waals surface area contributed by atoms with Crippen molar-refractivity contribution in [3.8, 4) is 6.07 Å². The van der Waals surface area contributed by atoms with Crippen LogP contribution in [0.3, 0.4) is 0 Å². The van der Waals surface area contributed by atoms with Crippen LogP contribution in [0.2, 0.25) is 0 Å². The summed E-state index contributed by atoms with van der Waals surface area (Å²) < 4.78 is 5.04. The van der Waals surface area contributed by atoms with Crippen LogP contribution in [0.4, 0.5) is 0 Å². The van der Waals surface area contributed by atoms with Crippen LogP contribution in [0.1, 0.15) is 39.0 Å². The third-order valence-electron chi connectivity index (χ3n) is 3.45. The summed E-state index contributed by atoms with van der Waals surface area (Å²) in [6.07, 6.45) is 5.52. The molecule has 0 radical (unpaired) electrons. The van der Waals surface area contributed by atoms with Gasteiger partial charge in [0.1, 0.15) is 5.54 Å². The standard InChI is InChI=1S/C14H27N3O/c1-14(12-15,16-13-6-7-13)8-4-9-17(2)10-5-11-18-3/h13,16H,4-11H2,1-3H3. The van der Waals surface area contributed by atoms with Crippen LogP contribution < -0.4 is 5.32 Å². The Morgan fingerprint density at radius 2 is 2.06 bits per heavy atom. The molecule has 0 spiro atoms. The summed E-state index contributed by atoms with van der Waals surface area (Å²) in [6.45, 7) is 4.96. The van der Waals surface area contributed by atoms with E-state index in [2.05, 4.69) is 23.3 Å². The average Bonchev–Trinajstić information content (AvgIpc) is 3.13. The van der Waals surface area contributed by atoms with E-state index in [1.807, 2.05) is 6.92 Å². The maximum Gasteiger partial charge on any atom is 0.104 e. The number of nitrogens with zero attached hydrogens (tertiary/aromatic N) is 2. The highest BCUT2D eigenvalue weighted by molar-refractivity contribution is 5.06. The van der Waals surface area contributed by atoms with Crippen LogP contribution >= 0.6 is 0 Å². The van der Waals surface area contributed by atoms with Crippen molar-refractivity contribution >= 4 is 0 Å². The van der Waals surface area contributed by atoms with Crippen LogP contribution in [-0.4, -0.2) is 50.3 Å². The minimum absolute atomic E-state index is 0.339. The molecule has 1 fully saturated rings. The van der Waals surface area contributed by atoms with Gasteiger partial charge in [0.05, 0.1) is 6.07 Å². The van der Waals surface area contributed by atoms with E-state index >= 15 is 0 Å². The van der Waals surface area contributed by atoms with Gasteiger partial charge in [0, 0.05) is 26.3 Å². The monoisotopic (exact) mass is 253 g/mol. The zero-order valence-corrected chi connectivity index (χ0v) is 12.0. The number of hydrogen-bond acceptors (Lipinski definition) is 4. The fourth-order valence-corrected chi connectivity index (χ4v) is 2.13. The Morgan fingerprint density at radius 3 is 2.61 bits per heavy atom. The summed E-state index contributed by atoms with van der Waals surface area (Å²) in [5.74, 6) is 0. The maximum absolute atomic E-state index is 9.26. The van der Waals surface area contributed by atoms with Crippen molar-refractivity contribution in [1.29, 1.82) is 5.26 Å². The van der Waals surface area contributed by atoms with E-state index < -0.39 is 0 Å². The largest absolute Gasteiger partial charge is 0.385 e. The van der Waals surface area contributed by atoms with E-state index in [1.165, 1.54) is 12.8 Å². The molecular weight excluding hydrogens is 226 g/mol. The molecule has 0 aromatic rings. The van der Waals surface area contributed by atoms with E-state index in [-0.39, 0.29) is 5.54 Å². The van der Waals surface area contributed by atoms with E-state index in [1.54, 1.807) is 7.11 Å². The van der Waals surface area contributed by atoms with E-state index in [0.717, 1.165) is 39.0 Å². The van der Waals surface area contributed by atoms with Gasteiger partial charge in [0.2, 0.25) is 0 Å². The molecule has 1 atom stereocenters. The van der Waals surface area contributed by atoms with E-state index in [9.17, 15) is 5.26 Å². The first-order valence-corrected chi connectivity index (χ1v) is 6.96. The Labute approximate surface area is 111 Å². The molecule has 0 bridgehead atoms. The zero-order valence-electron chi connectivity index (χ0n) is 12.0. The second-order valence-electron chi connectivity index (χ2n) is 5.62. The van der Waals surface area contributed by atoms with Gasteiger partial charge in [-0.1, -0.05) is 0 Å². The van der Waals surface area contributed by atoms with Gasteiger partial charge in [-0.15, -0.1) is 0 Å². The lowest BCUT2D eigenvalue weighted by molar-refractivity contribution is 0.178. The molecule has 104 valence electrons. The summed E-state index contributed by atoms with van der Waals surface area (Å²) >= 11 is 0. The summed E-state index contributed by atoms with van der Waals surface area (Å²) in [7, 11) is 3.87. The Morgan fingerprint density at radius 1 is 1.39 bits per heavy atom. The van der Waals surface area contributed by atoms with Gasteiger partial charge in [0.25, 0.3) is 0 Å². The SMILES string of the molecule is COCCCN(C)CCCC(C)(C#N)NC1CC1. The molecule has 1 saturated carbocycles. The second-order valence-corrected chi connectivity index (χ2v) is 5.62. The van der Waals surface area contributed by atoms with Crippen LogP contribution in [0, 0.1) is 11.3 Å². The van der Waals surface area contributed by atoms with Gasteiger partial charge in [0.15, 0.2) is 0 Å². The van der Waals surface area contributed by atoms with Crippen molar-refractivity contribution in [1.82, 2.24) is 10.2 Å².